The number of aromatic carboxylic acids is 1. The molecule has 0 unspecified atom stereocenters. The van der Waals surface area contributed by atoms with Crippen molar-refractivity contribution in [3.05, 3.63) is 23.5 Å². The molecule has 4 nitrogen and oxygen atoms in total. The van der Waals surface area contributed by atoms with Gasteiger partial charge in [0.2, 0.25) is 0 Å². The summed E-state index contributed by atoms with van der Waals surface area (Å²) in [4.78, 5) is 15.9. The second-order valence-corrected chi connectivity index (χ2v) is 4.42. The van der Waals surface area contributed by atoms with Crippen molar-refractivity contribution in [1.82, 2.24) is 9.88 Å². The molecule has 0 aliphatic carbocycles. The fraction of sp³-hybridized carbons (Fsp3) is 0.583. The van der Waals surface area contributed by atoms with Gasteiger partial charge in [-0.15, -0.1) is 0 Å². The number of aromatic amines is 1. The molecule has 0 spiro atoms. The summed E-state index contributed by atoms with van der Waals surface area (Å²) in [7, 11) is 0. The van der Waals surface area contributed by atoms with Crippen LogP contribution in [0.5, 0.6) is 0 Å². The van der Waals surface area contributed by atoms with E-state index in [1.807, 2.05) is 0 Å². The Hall–Kier alpha value is -1.29. The molecule has 1 fully saturated rings. The fourth-order valence-corrected chi connectivity index (χ4v) is 2.21. The second kappa shape index (κ2) is 5.16. The lowest BCUT2D eigenvalue weighted by atomic mass is 10.2. The predicted octanol–water partition coefficient (Wildman–Crippen LogP) is 2.09. The number of likely N-dealkylation sites (tertiary alicyclic amines) is 1. The molecule has 4 heteroatoms. The molecule has 0 bridgehead atoms. The molecule has 2 heterocycles. The molecule has 1 aromatic rings. The van der Waals surface area contributed by atoms with Crippen molar-refractivity contribution in [3.8, 4) is 0 Å². The van der Waals surface area contributed by atoms with E-state index in [0.717, 1.165) is 25.2 Å². The number of rotatable bonds is 3. The summed E-state index contributed by atoms with van der Waals surface area (Å²) in [5.41, 5.74) is 1.35. The van der Waals surface area contributed by atoms with Crippen molar-refractivity contribution in [2.75, 3.05) is 13.1 Å². The minimum atomic E-state index is -0.887. The number of hydrogen-bond donors (Lipinski definition) is 2. The van der Waals surface area contributed by atoms with Gasteiger partial charge in [-0.3, -0.25) is 4.90 Å². The van der Waals surface area contributed by atoms with Crippen molar-refractivity contribution in [1.29, 1.82) is 0 Å². The molecule has 0 atom stereocenters. The van der Waals surface area contributed by atoms with E-state index in [9.17, 15) is 4.79 Å². The zero-order valence-corrected chi connectivity index (χ0v) is 9.41. The Bertz CT molecular complexity index is 352. The van der Waals surface area contributed by atoms with Crippen LogP contribution in [-0.2, 0) is 6.54 Å². The molecule has 0 aromatic carbocycles. The zero-order valence-electron chi connectivity index (χ0n) is 9.41. The summed E-state index contributed by atoms with van der Waals surface area (Å²) in [6, 6.07) is 1.73. The van der Waals surface area contributed by atoms with E-state index >= 15 is 0 Å². The molecular formula is C12H18N2O2. The van der Waals surface area contributed by atoms with Gasteiger partial charge < -0.3 is 10.1 Å². The quantitative estimate of drug-likeness (QED) is 0.823. The first-order chi connectivity index (χ1) is 7.75. The number of carboxylic acid groups (broad SMARTS) is 1. The van der Waals surface area contributed by atoms with Crippen LogP contribution in [0.15, 0.2) is 12.3 Å². The molecule has 1 aliphatic rings. The Morgan fingerprint density at radius 3 is 2.56 bits per heavy atom. The first-order valence-corrected chi connectivity index (χ1v) is 5.88. The summed E-state index contributed by atoms with van der Waals surface area (Å²) in [6.07, 6.45) is 6.97. The van der Waals surface area contributed by atoms with Gasteiger partial charge in [0.05, 0.1) is 0 Å². The topological polar surface area (TPSA) is 56.3 Å². The number of H-pyrrole nitrogens is 1. The molecule has 1 saturated heterocycles. The second-order valence-electron chi connectivity index (χ2n) is 4.42. The van der Waals surface area contributed by atoms with Crippen molar-refractivity contribution < 1.29 is 9.90 Å². The van der Waals surface area contributed by atoms with Crippen LogP contribution in [0.1, 0.15) is 41.7 Å². The number of hydrogen-bond acceptors (Lipinski definition) is 2. The molecule has 2 N–H and O–H groups in total. The third-order valence-electron chi connectivity index (χ3n) is 3.08. The maximum Gasteiger partial charge on any atom is 0.352 e. The summed E-state index contributed by atoms with van der Waals surface area (Å²) in [6.45, 7) is 3.13. The molecule has 0 radical (unpaired) electrons. The summed E-state index contributed by atoms with van der Waals surface area (Å²) in [5, 5.41) is 8.80. The van der Waals surface area contributed by atoms with Gasteiger partial charge in [-0.25, -0.2) is 4.79 Å². The number of carboxylic acids is 1. The van der Waals surface area contributed by atoms with Crippen LogP contribution in [0.2, 0.25) is 0 Å². The molecular weight excluding hydrogens is 204 g/mol. The van der Waals surface area contributed by atoms with Gasteiger partial charge in [0.1, 0.15) is 5.69 Å². The van der Waals surface area contributed by atoms with Gasteiger partial charge in [0.25, 0.3) is 0 Å². The Morgan fingerprint density at radius 2 is 2.00 bits per heavy atom. The maximum atomic E-state index is 10.7. The Balaban J connectivity index is 1.94. The first kappa shape index (κ1) is 11.2. The van der Waals surface area contributed by atoms with E-state index in [4.69, 9.17) is 5.11 Å². The number of carbonyl (C=O) groups is 1. The Labute approximate surface area is 95.3 Å². The minimum absolute atomic E-state index is 0.282. The molecule has 1 aliphatic heterocycles. The summed E-state index contributed by atoms with van der Waals surface area (Å²) < 4.78 is 0. The van der Waals surface area contributed by atoms with Gasteiger partial charge >= 0.3 is 5.97 Å². The van der Waals surface area contributed by atoms with Gasteiger partial charge in [0.15, 0.2) is 0 Å². The van der Waals surface area contributed by atoms with Crippen LogP contribution in [0, 0.1) is 0 Å². The Kier molecular flexibility index (Phi) is 3.62. The third-order valence-corrected chi connectivity index (χ3v) is 3.08. The van der Waals surface area contributed by atoms with Crippen LogP contribution in [0.3, 0.4) is 0 Å². The predicted molar refractivity (Wildman–Crippen MR) is 61.5 cm³/mol. The van der Waals surface area contributed by atoms with Crippen LogP contribution < -0.4 is 0 Å². The van der Waals surface area contributed by atoms with Crippen molar-refractivity contribution in [2.45, 2.75) is 32.2 Å². The molecule has 1 aromatic heterocycles. The highest BCUT2D eigenvalue weighted by atomic mass is 16.4. The monoisotopic (exact) mass is 222 g/mol. The van der Waals surface area contributed by atoms with Gasteiger partial charge in [-0.1, -0.05) is 12.8 Å². The number of nitrogens with zero attached hydrogens (tertiary/aromatic N) is 1. The van der Waals surface area contributed by atoms with Gasteiger partial charge in [-0.05, 0) is 37.6 Å². The lowest BCUT2D eigenvalue weighted by molar-refractivity contribution is 0.0691. The highest BCUT2D eigenvalue weighted by molar-refractivity contribution is 5.85. The highest BCUT2D eigenvalue weighted by Gasteiger charge is 2.11. The average Bonchev–Trinajstić information content (AvgIpc) is 2.56. The fourth-order valence-electron chi connectivity index (χ4n) is 2.21. The van der Waals surface area contributed by atoms with Crippen LogP contribution >= 0.6 is 0 Å². The average molecular weight is 222 g/mol. The van der Waals surface area contributed by atoms with Crippen LogP contribution in [-0.4, -0.2) is 34.0 Å². The maximum absolute atomic E-state index is 10.7. The highest BCUT2D eigenvalue weighted by Crippen LogP contribution is 2.13. The molecule has 2 rings (SSSR count). The summed E-state index contributed by atoms with van der Waals surface area (Å²) >= 11 is 0. The van der Waals surface area contributed by atoms with Crippen LogP contribution in [0.4, 0.5) is 0 Å². The van der Waals surface area contributed by atoms with E-state index in [1.54, 1.807) is 12.3 Å². The third kappa shape index (κ3) is 2.85. The van der Waals surface area contributed by atoms with Gasteiger partial charge in [-0.2, -0.15) is 0 Å². The molecule has 88 valence electrons. The van der Waals surface area contributed by atoms with E-state index in [-0.39, 0.29) is 5.69 Å². The largest absolute Gasteiger partial charge is 0.477 e. The molecule has 16 heavy (non-hydrogen) atoms. The van der Waals surface area contributed by atoms with Crippen molar-refractivity contribution >= 4 is 5.97 Å². The zero-order chi connectivity index (χ0) is 11.4. The smallest absolute Gasteiger partial charge is 0.352 e. The van der Waals surface area contributed by atoms with E-state index in [0.29, 0.717) is 0 Å². The van der Waals surface area contributed by atoms with Crippen molar-refractivity contribution in [3.63, 3.8) is 0 Å². The van der Waals surface area contributed by atoms with E-state index in [1.165, 1.54) is 25.7 Å². The SMILES string of the molecule is O=C(O)c1cc(CN2CCCCCC2)c[nH]1. The molecule has 0 amide bonds. The number of aromatic nitrogens is 1. The first-order valence-electron chi connectivity index (χ1n) is 5.88. The minimum Gasteiger partial charge on any atom is -0.477 e. The van der Waals surface area contributed by atoms with Crippen molar-refractivity contribution in [2.24, 2.45) is 0 Å². The standard InChI is InChI=1S/C12H18N2O2/c15-12(16)11-7-10(8-13-11)9-14-5-3-1-2-4-6-14/h7-8,13H,1-6,9H2,(H,15,16). The Morgan fingerprint density at radius 1 is 1.31 bits per heavy atom. The number of nitrogens with one attached hydrogen (secondary N) is 1. The molecule has 0 saturated carbocycles. The lowest BCUT2D eigenvalue weighted by Gasteiger charge is -2.18. The van der Waals surface area contributed by atoms with Crippen LogP contribution in [0.25, 0.3) is 0 Å². The lowest BCUT2D eigenvalue weighted by Crippen LogP contribution is -2.23. The van der Waals surface area contributed by atoms with E-state index in [2.05, 4.69) is 9.88 Å². The summed E-state index contributed by atoms with van der Waals surface area (Å²) in [5.74, 6) is -0.887. The van der Waals surface area contributed by atoms with Gasteiger partial charge in [0, 0.05) is 12.7 Å². The normalized spacial score (nSPS) is 18.2. The van der Waals surface area contributed by atoms with E-state index < -0.39 is 5.97 Å².